The molecule has 3 aromatic rings. The number of halogens is 1. The monoisotopic (exact) mass is 441 g/mol. The second-order valence-corrected chi connectivity index (χ2v) is 8.75. The molecular formula is C23H24FN3O3S. The molecule has 0 saturated heterocycles. The number of methoxy groups -OCH3 is 1. The van der Waals surface area contributed by atoms with Gasteiger partial charge in [-0.05, 0) is 50.1 Å². The number of amides is 2. The van der Waals surface area contributed by atoms with Crippen molar-refractivity contribution in [3.05, 3.63) is 65.6 Å². The number of carbonyl (C=O) groups is 2. The largest absolute Gasteiger partial charge is 0.469 e. The maximum Gasteiger partial charge on any atom is 0.323 e. The Bertz CT molecular complexity index is 1060. The summed E-state index contributed by atoms with van der Waals surface area (Å²) in [6, 6.07) is 12.8. The van der Waals surface area contributed by atoms with Crippen molar-refractivity contribution in [1.29, 1.82) is 0 Å². The Morgan fingerprint density at radius 2 is 1.81 bits per heavy atom. The normalized spacial score (nSPS) is 11.1. The molecule has 0 atom stereocenters. The number of aromatic nitrogens is 1. The van der Waals surface area contributed by atoms with Crippen LogP contribution in [0.3, 0.4) is 0 Å². The molecule has 0 radical (unpaired) electrons. The van der Waals surface area contributed by atoms with Gasteiger partial charge < -0.3 is 15.4 Å². The molecule has 0 aliphatic carbocycles. The number of ether oxygens (including phenoxy) is 1. The molecule has 2 N–H and O–H groups in total. The second kappa shape index (κ2) is 9.70. The first-order valence-corrected chi connectivity index (χ1v) is 10.6. The van der Waals surface area contributed by atoms with Gasteiger partial charge in [0.1, 0.15) is 5.82 Å². The quantitative estimate of drug-likeness (QED) is 0.459. The van der Waals surface area contributed by atoms with Crippen molar-refractivity contribution in [3.63, 3.8) is 0 Å². The summed E-state index contributed by atoms with van der Waals surface area (Å²) in [6.07, 6.45) is 3.13. The Kier molecular flexibility index (Phi) is 7.02. The van der Waals surface area contributed by atoms with E-state index in [1.54, 1.807) is 41.8 Å². The number of nitrogens with one attached hydrogen (secondary N) is 2. The smallest absolute Gasteiger partial charge is 0.323 e. The van der Waals surface area contributed by atoms with Crippen LogP contribution in [0.1, 0.15) is 25.3 Å². The third kappa shape index (κ3) is 5.88. The molecule has 0 fully saturated rings. The Morgan fingerprint density at radius 1 is 1.10 bits per heavy atom. The highest BCUT2D eigenvalue weighted by Crippen LogP contribution is 2.30. The summed E-state index contributed by atoms with van der Waals surface area (Å²) in [7, 11) is 1.40. The molecule has 0 saturated carbocycles. The Balaban J connectivity index is 1.58. The van der Waals surface area contributed by atoms with E-state index >= 15 is 0 Å². The number of para-hydroxylation sites is 1. The van der Waals surface area contributed by atoms with Gasteiger partial charge in [0.05, 0.1) is 28.1 Å². The summed E-state index contributed by atoms with van der Waals surface area (Å²) in [5, 5.41) is 6.11. The van der Waals surface area contributed by atoms with Crippen molar-refractivity contribution in [3.8, 4) is 10.4 Å². The summed E-state index contributed by atoms with van der Waals surface area (Å²) < 4.78 is 18.5. The van der Waals surface area contributed by atoms with Gasteiger partial charge in [-0.1, -0.05) is 24.3 Å². The van der Waals surface area contributed by atoms with E-state index in [0.29, 0.717) is 18.5 Å². The number of rotatable bonds is 7. The first-order chi connectivity index (χ1) is 14.8. The second-order valence-electron chi connectivity index (χ2n) is 7.63. The van der Waals surface area contributed by atoms with E-state index in [2.05, 4.69) is 15.6 Å². The van der Waals surface area contributed by atoms with Crippen LogP contribution in [-0.4, -0.2) is 24.1 Å². The number of carbonyl (C=O) groups excluding carboxylic acids is 2. The van der Waals surface area contributed by atoms with Crippen LogP contribution in [0.2, 0.25) is 0 Å². The molecule has 0 aliphatic rings. The summed E-state index contributed by atoms with van der Waals surface area (Å²) in [5.74, 6) is -0.727. The molecule has 0 unspecified atom stereocenters. The lowest BCUT2D eigenvalue weighted by Crippen LogP contribution is -2.26. The standard InChI is InChI=1S/C23H24FN3O3S/c1-23(2,21(28)30-3)13-12-20-25-14-19(31-20)15-8-10-16(11-9-15)26-22(29)27-18-7-5-4-6-17(18)24/h4-11,14H,12-13H2,1-3H3,(H2,26,27,29). The average Bonchev–Trinajstić information content (AvgIpc) is 3.23. The van der Waals surface area contributed by atoms with Gasteiger partial charge in [0.2, 0.25) is 0 Å². The van der Waals surface area contributed by atoms with Gasteiger partial charge >= 0.3 is 12.0 Å². The number of hydrogen-bond donors (Lipinski definition) is 2. The summed E-state index contributed by atoms with van der Waals surface area (Å²) in [5.41, 5.74) is 1.11. The molecular weight excluding hydrogens is 417 g/mol. The lowest BCUT2D eigenvalue weighted by Gasteiger charge is -2.20. The summed E-state index contributed by atoms with van der Waals surface area (Å²) >= 11 is 1.56. The van der Waals surface area contributed by atoms with Crippen molar-refractivity contribution < 1.29 is 18.7 Å². The van der Waals surface area contributed by atoms with Crippen LogP contribution < -0.4 is 10.6 Å². The van der Waals surface area contributed by atoms with Gasteiger partial charge in [0.25, 0.3) is 0 Å². The number of anilines is 2. The molecule has 1 aromatic heterocycles. The number of nitrogens with zero attached hydrogens (tertiary/aromatic N) is 1. The van der Waals surface area contributed by atoms with Crippen molar-refractivity contribution in [2.24, 2.45) is 5.41 Å². The van der Waals surface area contributed by atoms with Crippen molar-refractivity contribution in [2.75, 3.05) is 17.7 Å². The lowest BCUT2D eigenvalue weighted by atomic mass is 9.88. The van der Waals surface area contributed by atoms with Crippen molar-refractivity contribution in [1.82, 2.24) is 4.98 Å². The van der Waals surface area contributed by atoms with E-state index in [-0.39, 0.29) is 11.7 Å². The molecule has 0 aliphatic heterocycles. The van der Waals surface area contributed by atoms with Gasteiger partial charge in [0.15, 0.2) is 0 Å². The summed E-state index contributed by atoms with van der Waals surface area (Å²) in [6.45, 7) is 3.73. The van der Waals surface area contributed by atoms with E-state index in [0.717, 1.165) is 15.4 Å². The van der Waals surface area contributed by atoms with E-state index in [4.69, 9.17) is 4.74 Å². The number of benzene rings is 2. The predicted molar refractivity (Wildman–Crippen MR) is 121 cm³/mol. The third-order valence-electron chi connectivity index (χ3n) is 4.80. The lowest BCUT2D eigenvalue weighted by molar-refractivity contribution is -0.151. The minimum Gasteiger partial charge on any atom is -0.469 e. The van der Waals surface area contributed by atoms with Gasteiger partial charge in [-0.2, -0.15) is 0 Å². The highest BCUT2D eigenvalue weighted by Gasteiger charge is 2.28. The van der Waals surface area contributed by atoms with Crippen molar-refractivity contribution >= 4 is 34.7 Å². The molecule has 6 nitrogen and oxygen atoms in total. The molecule has 2 amide bonds. The number of aryl methyl sites for hydroxylation is 1. The van der Waals surface area contributed by atoms with Crippen LogP contribution in [0.5, 0.6) is 0 Å². The maximum absolute atomic E-state index is 13.6. The van der Waals surface area contributed by atoms with E-state index in [1.165, 1.54) is 19.2 Å². The number of thiazole rings is 1. The Labute approximate surface area is 184 Å². The minimum absolute atomic E-state index is 0.115. The van der Waals surface area contributed by atoms with E-state index in [1.807, 2.05) is 26.0 Å². The average molecular weight is 442 g/mol. The van der Waals surface area contributed by atoms with Crippen molar-refractivity contribution in [2.45, 2.75) is 26.7 Å². The Hall–Kier alpha value is -3.26. The van der Waals surface area contributed by atoms with Crippen LogP contribution in [0, 0.1) is 11.2 Å². The number of hydrogen-bond acceptors (Lipinski definition) is 5. The van der Waals surface area contributed by atoms with E-state index < -0.39 is 17.3 Å². The SMILES string of the molecule is COC(=O)C(C)(C)CCc1ncc(-c2ccc(NC(=O)Nc3ccccc3F)cc2)s1. The molecule has 1 heterocycles. The van der Waals surface area contributed by atoms with Gasteiger partial charge in [-0.15, -0.1) is 11.3 Å². The summed E-state index contributed by atoms with van der Waals surface area (Å²) in [4.78, 5) is 29.4. The third-order valence-corrected chi connectivity index (χ3v) is 5.91. The van der Waals surface area contributed by atoms with Crippen LogP contribution in [0.15, 0.2) is 54.7 Å². The first-order valence-electron chi connectivity index (χ1n) is 9.74. The molecule has 2 aromatic carbocycles. The van der Waals surface area contributed by atoms with Crippen LogP contribution in [-0.2, 0) is 16.0 Å². The molecule has 0 bridgehead atoms. The number of urea groups is 1. The van der Waals surface area contributed by atoms with Crippen LogP contribution in [0.4, 0.5) is 20.6 Å². The minimum atomic E-state index is -0.558. The van der Waals surface area contributed by atoms with Gasteiger partial charge in [-0.25, -0.2) is 14.2 Å². The van der Waals surface area contributed by atoms with E-state index in [9.17, 15) is 14.0 Å². The molecule has 31 heavy (non-hydrogen) atoms. The fourth-order valence-corrected chi connectivity index (χ4v) is 3.84. The Morgan fingerprint density at radius 3 is 2.48 bits per heavy atom. The maximum atomic E-state index is 13.6. The zero-order valence-electron chi connectivity index (χ0n) is 17.6. The molecule has 162 valence electrons. The van der Waals surface area contributed by atoms with Gasteiger partial charge in [0, 0.05) is 18.3 Å². The topological polar surface area (TPSA) is 80.3 Å². The fraction of sp³-hybridized carbons (Fsp3) is 0.261. The molecule has 8 heteroatoms. The van der Waals surface area contributed by atoms with Gasteiger partial charge in [-0.3, -0.25) is 4.79 Å². The molecule has 0 spiro atoms. The predicted octanol–water partition coefficient (Wildman–Crippen LogP) is 5.73. The fourth-order valence-electron chi connectivity index (χ4n) is 2.92. The highest BCUT2D eigenvalue weighted by molar-refractivity contribution is 7.15. The van der Waals surface area contributed by atoms with Crippen LogP contribution >= 0.6 is 11.3 Å². The zero-order chi connectivity index (χ0) is 22.4. The number of esters is 1. The highest BCUT2D eigenvalue weighted by atomic mass is 32.1. The zero-order valence-corrected chi connectivity index (χ0v) is 18.4. The first kappa shape index (κ1) is 22.4. The van der Waals surface area contributed by atoms with Crippen LogP contribution in [0.25, 0.3) is 10.4 Å². The molecule has 3 rings (SSSR count).